The summed E-state index contributed by atoms with van der Waals surface area (Å²) in [6, 6.07) is 20.5. The SMILES string of the molecule is CC1Oc2ccc(NC(=O)c3cccc(Cl)c3)cc2N(CC(=O)Nc2ccccc2)C1=O. The molecule has 0 saturated carbocycles. The summed E-state index contributed by atoms with van der Waals surface area (Å²) >= 11 is 5.96. The van der Waals surface area contributed by atoms with Crippen molar-refractivity contribution in [3.05, 3.63) is 83.4 Å². The van der Waals surface area contributed by atoms with Crippen LogP contribution in [-0.2, 0) is 9.59 Å². The molecule has 0 radical (unpaired) electrons. The molecule has 0 fully saturated rings. The normalized spacial score (nSPS) is 14.9. The smallest absolute Gasteiger partial charge is 0.268 e. The maximum atomic E-state index is 12.8. The topological polar surface area (TPSA) is 87.7 Å². The predicted molar refractivity (Wildman–Crippen MR) is 123 cm³/mol. The number of fused-ring (bicyclic) bond motifs is 1. The largest absolute Gasteiger partial charge is 0.479 e. The Hall–Kier alpha value is -3.84. The molecule has 0 aliphatic carbocycles. The van der Waals surface area contributed by atoms with Gasteiger partial charge in [0.2, 0.25) is 5.91 Å². The molecule has 7 nitrogen and oxygen atoms in total. The van der Waals surface area contributed by atoms with Gasteiger partial charge in [-0.15, -0.1) is 0 Å². The van der Waals surface area contributed by atoms with Crippen LogP contribution in [0.5, 0.6) is 5.75 Å². The van der Waals surface area contributed by atoms with Gasteiger partial charge < -0.3 is 15.4 Å². The molecule has 1 atom stereocenters. The lowest BCUT2D eigenvalue weighted by Gasteiger charge is -2.33. The third-order valence-corrected chi connectivity index (χ3v) is 5.11. The Morgan fingerprint density at radius 1 is 0.969 bits per heavy atom. The Morgan fingerprint density at radius 2 is 1.75 bits per heavy atom. The second-order valence-corrected chi connectivity index (χ2v) is 7.68. The fourth-order valence-electron chi connectivity index (χ4n) is 3.35. The van der Waals surface area contributed by atoms with Crippen LogP contribution in [0.25, 0.3) is 0 Å². The maximum absolute atomic E-state index is 12.8. The quantitative estimate of drug-likeness (QED) is 0.606. The third kappa shape index (κ3) is 4.73. The van der Waals surface area contributed by atoms with Crippen molar-refractivity contribution in [2.45, 2.75) is 13.0 Å². The van der Waals surface area contributed by atoms with E-state index in [-0.39, 0.29) is 24.3 Å². The molecular formula is C24H20ClN3O4. The van der Waals surface area contributed by atoms with Crippen molar-refractivity contribution in [2.24, 2.45) is 0 Å². The first-order chi connectivity index (χ1) is 15.4. The van der Waals surface area contributed by atoms with Crippen LogP contribution >= 0.6 is 11.6 Å². The number of rotatable bonds is 5. The summed E-state index contributed by atoms with van der Waals surface area (Å²) < 4.78 is 5.68. The molecule has 8 heteroatoms. The van der Waals surface area contributed by atoms with Crippen LogP contribution in [0.4, 0.5) is 17.1 Å². The van der Waals surface area contributed by atoms with Crippen LogP contribution < -0.4 is 20.3 Å². The van der Waals surface area contributed by atoms with Gasteiger partial charge in [0, 0.05) is 22.0 Å². The van der Waals surface area contributed by atoms with Gasteiger partial charge in [-0.2, -0.15) is 0 Å². The standard InChI is InChI=1S/C24H20ClN3O4/c1-15-24(31)28(14-22(29)26-18-8-3-2-4-9-18)20-13-19(10-11-21(20)32-15)27-23(30)16-6-5-7-17(25)12-16/h2-13,15H,14H2,1H3,(H,26,29)(H,27,30). The minimum absolute atomic E-state index is 0.194. The molecule has 0 bridgehead atoms. The molecule has 3 amide bonds. The van der Waals surface area contributed by atoms with Gasteiger partial charge in [0.1, 0.15) is 12.3 Å². The van der Waals surface area contributed by atoms with Gasteiger partial charge in [-0.25, -0.2) is 0 Å². The molecule has 0 spiro atoms. The summed E-state index contributed by atoms with van der Waals surface area (Å²) in [5.41, 5.74) is 1.89. The summed E-state index contributed by atoms with van der Waals surface area (Å²) in [7, 11) is 0. The van der Waals surface area contributed by atoms with Gasteiger partial charge in [-0.3, -0.25) is 19.3 Å². The van der Waals surface area contributed by atoms with Crippen molar-refractivity contribution in [1.29, 1.82) is 0 Å². The van der Waals surface area contributed by atoms with Gasteiger partial charge in [0.25, 0.3) is 11.8 Å². The highest BCUT2D eigenvalue weighted by Crippen LogP contribution is 2.36. The fraction of sp³-hybridized carbons (Fsp3) is 0.125. The number of halogens is 1. The van der Waals surface area contributed by atoms with Gasteiger partial charge in [0.05, 0.1) is 5.69 Å². The predicted octanol–water partition coefficient (Wildman–Crippen LogP) is 4.34. The number of para-hydroxylation sites is 1. The molecule has 4 rings (SSSR count). The zero-order valence-electron chi connectivity index (χ0n) is 17.2. The number of benzene rings is 3. The Morgan fingerprint density at radius 3 is 2.50 bits per heavy atom. The number of nitrogens with zero attached hydrogens (tertiary/aromatic N) is 1. The Balaban J connectivity index is 1.56. The van der Waals surface area contributed by atoms with Crippen LogP contribution in [0.3, 0.4) is 0 Å². The number of hydrogen-bond donors (Lipinski definition) is 2. The van der Waals surface area contributed by atoms with E-state index in [0.717, 1.165) is 0 Å². The first-order valence-corrected chi connectivity index (χ1v) is 10.3. The van der Waals surface area contributed by atoms with E-state index in [0.29, 0.717) is 33.4 Å². The van der Waals surface area contributed by atoms with Crippen molar-refractivity contribution in [2.75, 3.05) is 22.1 Å². The van der Waals surface area contributed by atoms with Crippen LogP contribution in [0, 0.1) is 0 Å². The number of nitrogens with one attached hydrogen (secondary N) is 2. The summed E-state index contributed by atoms with van der Waals surface area (Å²) in [6.45, 7) is 1.43. The van der Waals surface area contributed by atoms with Gasteiger partial charge >= 0.3 is 0 Å². The van der Waals surface area contributed by atoms with E-state index in [1.165, 1.54) is 4.90 Å². The van der Waals surface area contributed by atoms with Crippen LogP contribution in [0.2, 0.25) is 5.02 Å². The van der Waals surface area contributed by atoms with Gasteiger partial charge in [-0.05, 0) is 55.5 Å². The molecule has 3 aromatic rings. The number of carbonyl (C=O) groups excluding carboxylic acids is 3. The first-order valence-electron chi connectivity index (χ1n) is 9.94. The van der Waals surface area contributed by atoms with Crippen molar-refractivity contribution in [3.63, 3.8) is 0 Å². The fourth-order valence-corrected chi connectivity index (χ4v) is 3.54. The molecule has 32 heavy (non-hydrogen) atoms. The first kappa shape index (κ1) is 21.4. The molecule has 3 aromatic carbocycles. The van der Waals surface area contributed by atoms with E-state index in [1.54, 1.807) is 61.5 Å². The summed E-state index contributed by atoms with van der Waals surface area (Å²) in [4.78, 5) is 39.3. The van der Waals surface area contributed by atoms with E-state index in [2.05, 4.69) is 10.6 Å². The van der Waals surface area contributed by atoms with Gasteiger partial charge in [-0.1, -0.05) is 35.9 Å². The number of amides is 3. The lowest BCUT2D eigenvalue weighted by molar-refractivity contribution is -0.127. The lowest BCUT2D eigenvalue weighted by atomic mass is 10.1. The van der Waals surface area contributed by atoms with E-state index < -0.39 is 6.10 Å². The summed E-state index contributed by atoms with van der Waals surface area (Å²) in [6.07, 6.45) is -0.737. The Kier molecular flexibility index (Phi) is 6.09. The molecule has 1 heterocycles. The second-order valence-electron chi connectivity index (χ2n) is 7.25. The number of carbonyl (C=O) groups is 3. The van der Waals surface area contributed by atoms with E-state index in [1.807, 2.05) is 18.2 Å². The van der Waals surface area contributed by atoms with E-state index in [4.69, 9.17) is 16.3 Å². The lowest BCUT2D eigenvalue weighted by Crippen LogP contribution is -2.47. The molecule has 0 saturated heterocycles. The third-order valence-electron chi connectivity index (χ3n) is 4.87. The number of ether oxygens (including phenoxy) is 1. The summed E-state index contributed by atoms with van der Waals surface area (Å²) in [5.74, 6) is -0.598. The summed E-state index contributed by atoms with van der Waals surface area (Å²) in [5, 5.41) is 6.01. The molecule has 1 unspecified atom stereocenters. The molecule has 0 aromatic heterocycles. The van der Waals surface area contributed by atoms with Crippen LogP contribution in [-0.4, -0.2) is 30.4 Å². The zero-order valence-corrected chi connectivity index (χ0v) is 17.9. The molecule has 162 valence electrons. The highest BCUT2D eigenvalue weighted by atomic mass is 35.5. The second kappa shape index (κ2) is 9.11. The van der Waals surface area contributed by atoms with Crippen molar-refractivity contribution < 1.29 is 19.1 Å². The minimum Gasteiger partial charge on any atom is -0.479 e. The zero-order chi connectivity index (χ0) is 22.7. The number of anilines is 3. The highest BCUT2D eigenvalue weighted by molar-refractivity contribution is 6.31. The number of hydrogen-bond acceptors (Lipinski definition) is 4. The maximum Gasteiger partial charge on any atom is 0.268 e. The highest BCUT2D eigenvalue weighted by Gasteiger charge is 2.33. The molecule has 2 N–H and O–H groups in total. The average Bonchev–Trinajstić information content (AvgIpc) is 2.78. The van der Waals surface area contributed by atoms with Gasteiger partial charge in [0.15, 0.2) is 6.10 Å². The van der Waals surface area contributed by atoms with Crippen LogP contribution in [0.1, 0.15) is 17.3 Å². The van der Waals surface area contributed by atoms with Crippen molar-refractivity contribution in [3.8, 4) is 5.75 Å². The Bertz CT molecular complexity index is 1180. The van der Waals surface area contributed by atoms with Crippen molar-refractivity contribution in [1.82, 2.24) is 0 Å². The monoisotopic (exact) mass is 449 g/mol. The minimum atomic E-state index is -0.737. The van der Waals surface area contributed by atoms with Crippen molar-refractivity contribution >= 4 is 46.4 Å². The average molecular weight is 450 g/mol. The molecule has 1 aliphatic rings. The molecule has 1 aliphatic heterocycles. The molecular weight excluding hydrogens is 430 g/mol. The van der Waals surface area contributed by atoms with E-state index in [9.17, 15) is 14.4 Å². The Labute approximate surface area is 189 Å². The van der Waals surface area contributed by atoms with Crippen LogP contribution in [0.15, 0.2) is 72.8 Å². The van der Waals surface area contributed by atoms with E-state index >= 15 is 0 Å².